The third-order valence-corrected chi connectivity index (χ3v) is 2.10. The molecule has 3 heteroatoms. The molecule has 0 bridgehead atoms. The lowest BCUT2D eigenvalue weighted by atomic mass is 9.90. The SMILES string of the molecule is C[C@]1(O)CNC[C@@]1(C)O. The van der Waals surface area contributed by atoms with Crippen molar-refractivity contribution in [3.8, 4) is 0 Å². The number of rotatable bonds is 0. The van der Waals surface area contributed by atoms with Crippen LogP contribution in [0, 0.1) is 0 Å². The van der Waals surface area contributed by atoms with Crippen LogP contribution in [-0.2, 0) is 0 Å². The van der Waals surface area contributed by atoms with Crippen molar-refractivity contribution in [3.63, 3.8) is 0 Å². The third kappa shape index (κ3) is 0.956. The molecule has 2 atom stereocenters. The van der Waals surface area contributed by atoms with Crippen LogP contribution in [0.15, 0.2) is 0 Å². The zero-order valence-electron chi connectivity index (χ0n) is 5.81. The van der Waals surface area contributed by atoms with E-state index in [0.29, 0.717) is 13.1 Å². The van der Waals surface area contributed by atoms with Crippen LogP contribution in [0.2, 0.25) is 0 Å². The molecule has 0 unspecified atom stereocenters. The highest BCUT2D eigenvalue weighted by molar-refractivity contribution is 5.02. The molecule has 54 valence electrons. The number of hydrogen-bond acceptors (Lipinski definition) is 3. The normalized spacial score (nSPS) is 52.0. The summed E-state index contributed by atoms with van der Waals surface area (Å²) >= 11 is 0. The molecule has 0 amide bonds. The standard InChI is InChI=1S/C6H13NO2/c1-5(8)3-7-4-6(5,2)9/h7-9H,3-4H2,1-2H3/t5-,6+. The van der Waals surface area contributed by atoms with Gasteiger partial charge in [0, 0.05) is 13.1 Å². The first-order valence-corrected chi connectivity index (χ1v) is 3.11. The average Bonchev–Trinajstić information content (AvgIpc) is 1.81. The Balaban J connectivity index is 2.75. The largest absolute Gasteiger partial charge is 0.386 e. The van der Waals surface area contributed by atoms with Crippen molar-refractivity contribution in [2.24, 2.45) is 0 Å². The van der Waals surface area contributed by atoms with E-state index in [1.165, 1.54) is 0 Å². The Morgan fingerprint density at radius 2 is 1.44 bits per heavy atom. The van der Waals surface area contributed by atoms with E-state index in [4.69, 9.17) is 0 Å². The van der Waals surface area contributed by atoms with Gasteiger partial charge >= 0.3 is 0 Å². The van der Waals surface area contributed by atoms with Gasteiger partial charge in [-0.05, 0) is 13.8 Å². The minimum Gasteiger partial charge on any atom is -0.386 e. The molecule has 3 nitrogen and oxygen atoms in total. The van der Waals surface area contributed by atoms with Gasteiger partial charge in [0.15, 0.2) is 0 Å². The smallest absolute Gasteiger partial charge is 0.104 e. The summed E-state index contributed by atoms with van der Waals surface area (Å²) in [4.78, 5) is 0. The van der Waals surface area contributed by atoms with Crippen LogP contribution in [0.5, 0.6) is 0 Å². The lowest BCUT2D eigenvalue weighted by molar-refractivity contribution is -0.0935. The summed E-state index contributed by atoms with van der Waals surface area (Å²) in [5, 5.41) is 21.7. The maximum atomic E-state index is 9.41. The molecule has 1 heterocycles. The molecule has 0 aromatic heterocycles. The molecule has 0 aliphatic carbocycles. The van der Waals surface area contributed by atoms with Crippen molar-refractivity contribution in [2.75, 3.05) is 13.1 Å². The molecule has 0 aromatic rings. The highest BCUT2D eigenvalue weighted by Gasteiger charge is 2.45. The van der Waals surface area contributed by atoms with Crippen molar-refractivity contribution in [3.05, 3.63) is 0 Å². The van der Waals surface area contributed by atoms with Crippen LogP contribution >= 0.6 is 0 Å². The van der Waals surface area contributed by atoms with Gasteiger partial charge in [-0.15, -0.1) is 0 Å². The quantitative estimate of drug-likeness (QED) is 0.399. The highest BCUT2D eigenvalue weighted by Crippen LogP contribution is 2.24. The van der Waals surface area contributed by atoms with Gasteiger partial charge in [0.25, 0.3) is 0 Å². The first-order valence-electron chi connectivity index (χ1n) is 3.11. The first kappa shape index (κ1) is 6.99. The van der Waals surface area contributed by atoms with E-state index in [2.05, 4.69) is 5.32 Å². The number of aliphatic hydroxyl groups is 2. The summed E-state index contributed by atoms with van der Waals surface area (Å²) in [5.41, 5.74) is -1.93. The summed E-state index contributed by atoms with van der Waals surface area (Å²) in [7, 11) is 0. The van der Waals surface area contributed by atoms with Crippen LogP contribution in [0.4, 0.5) is 0 Å². The number of β-amino-alcohol motifs (C(OH)–C–C–N with tert-alkyl or cyclic N) is 2. The summed E-state index contributed by atoms with van der Waals surface area (Å²) in [5.74, 6) is 0. The second kappa shape index (κ2) is 1.68. The number of hydrogen-bond donors (Lipinski definition) is 3. The van der Waals surface area contributed by atoms with Gasteiger partial charge in [-0.2, -0.15) is 0 Å². The zero-order chi connectivity index (χ0) is 7.12. The first-order chi connectivity index (χ1) is 3.96. The molecule has 1 aliphatic heterocycles. The van der Waals surface area contributed by atoms with Crippen molar-refractivity contribution < 1.29 is 10.2 Å². The Bertz CT molecular complexity index is 106. The van der Waals surface area contributed by atoms with Gasteiger partial charge in [0.2, 0.25) is 0 Å². The molecule has 3 N–H and O–H groups in total. The van der Waals surface area contributed by atoms with Crippen LogP contribution in [0.25, 0.3) is 0 Å². The van der Waals surface area contributed by atoms with Gasteiger partial charge in [-0.25, -0.2) is 0 Å². The van der Waals surface area contributed by atoms with Gasteiger partial charge in [-0.3, -0.25) is 0 Å². The van der Waals surface area contributed by atoms with E-state index in [-0.39, 0.29) is 0 Å². The Labute approximate surface area is 54.7 Å². The zero-order valence-corrected chi connectivity index (χ0v) is 5.81. The molecule has 0 aromatic carbocycles. The molecule has 1 rings (SSSR count). The topological polar surface area (TPSA) is 52.5 Å². The molecule has 1 fully saturated rings. The highest BCUT2D eigenvalue weighted by atomic mass is 16.4. The summed E-state index contributed by atoms with van der Waals surface area (Å²) in [6.07, 6.45) is 0. The van der Waals surface area contributed by atoms with Crippen molar-refractivity contribution in [2.45, 2.75) is 25.0 Å². The minimum absolute atomic E-state index is 0.472. The second-order valence-corrected chi connectivity index (χ2v) is 3.15. The monoisotopic (exact) mass is 131 g/mol. The molecule has 0 saturated carbocycles. The van der Waals surface area contributed by atoms with E-state index >= 15 is 0 Å². The summed E-state index contributed by atoms with van der Waals surface area (Å²) in [6, 6.07) is 0. The predicted molar refractivity (Wildman–Crippen MR) is 34.1 cm³/mol. The average molecular weight is 131 g/mol. The van der Waals surface area contributed by atoms with E-state index in [9.17, 15) is 10.2 Å². The predicted octanol–water partition coefficient (Wildman–Crippen LogP) is -0.908. The fraction of sp³-hybridized carbons (Fsp3) is 1.00. The van der Waals surface area contributed by atoms with Gasteiger partial charge < -0.3 is 15.5 Å². The molecular formula is C6H13NO2. The molecule has 0 spiro atoms. The van der Waals surface area contributed by atoms with Crippen LogP contribution in [0.1, 0.15) is 13.8 Å². The number of nitrogens with one attached hydrogen (secondary N) is 1. The van der Waals surface area contributed by atoms with Crippen LogP contribution in [0.3, 0.4) is 0 Å². The molecule has 1 saturated heterocycles. The third-order valence-electron chi connectivity index (χ3n) is 2.10. The van der Waals surface area contributed by atoms with E-state index in [1.54, 1.807) is 13.8 Å². The van der Waals surface area contributed by atoms with Gasteiger partial charge in [0.05, 0.1) is 0 Å². The van der Waals surface area contributed by atoms with Gasteiger partial charge in [0.1, 0.15) is 11.2 Å². The maximum Gasteiger partial charge on any atom is 0.104 e. The molecule has 1 aliphatic rings. The van der Waals surface area contributed by atoms with Crippen molar-refractivity contribution in [1.29, 1.82) is 0 Å². The Hall–Kier alpha value is -0.120. The second-order valence-electron chi connectivity index (χ2n) is 3.15. The lowest BCUT2D eigenvalue weighted by Crippen LogP contribution is -2.48. The fourth-order valence-electron chi connectivity index (χ4n) is 0.930. The summed E-state index contributed by atoms with van der Waals surface area (Å²) < 4.78 is 0. The van der Waals surface area contributed by atoms with Crippen LogP contribution < -0.4 is 5.32 Å². The van der Waals surface area contributed by atoms with Gasteiger partial charge in [-0.1, -0.05) is 0 Å². The molecular weight excluding hydrogens is 118 g/mol. The minimum atomic E-state index is -0.965. The van der Waals surface area contributed by atoms with Crippen molar-refractivity contribution in [1.82, 2.24) is 5.32 Å². The van der Waals surface area contributed by atoms with E-state index < -0.39 is 11.2 Å². The Kier molecular flexibility index (Phi) is 1.31. The van der Waals surface area contributed by atoms with E-state index in [0.717, 1.165) is 0 Å². The van der Waals surface area contributed by atoms with Crippen molar-refractivity contribution >= 4 is 0 Å². The molecule has 0 radical (unpaired) electrons. The lowest BCUT2D eigenvalue weighted by Gasteiger charge is -2.29. The maximum absolute atomic E-state index is 9.41. The fourth-order valence-corrected chi connectivity index (χ4v) is 0.930. The Morgan fingerprint density at radius 1 is 1.11 bits per heavy atom. The molecule has 9 heavy (non-hydrogen) atoms. The Morgan fingerprint density at radius 3 is 1.56 bits per heavy atom. The summed E-state index contributed by atoms with van der Waals surface area (Å²) in [6.45, 7) is 4.21. The van der Waals surface area contributed by atoms with Crippen LogP contribution in [-0.4, -0.2) is 34.5 Å². The van der Waals surface area contributed by atoms with E-state index in [1.807, 2.05) is 0 Å².